The maximum Gasteiger partial charge on any atom is 0.244 e. The fourth-order valence-corrected chi connectivity index (χ4v) is 2.27. The number of halogens is 1. The van der Waals surface area contributed by atoms with E-state index in [1.54, 1.807) is 43.5 Å². The van der Waals surface area contributed by atoms with Gasteiger partial charge in [-0.05, 0) is 47.9 Å². The molecule has 2 rings (SSSR count). The van der Waals surface area contributed by atoms with Gasteiger partial charge >= 0.3 is 0 Å². The Kier molecular flexibility index (Phi) is 7.43. The predicted octanol–water partition coefficient (Wildman–Crippen LogP) is 3.77. The van der Waals surface area contributed by atoms with Gasteiger partial charge in [-0.25, -0.2) is 4.39 Å². The Morgan fingerprint density at radius 2 is 1.96 bits per heavy atom. The van der Waals surface area contributed by atoms with E-state index >= 15 is 0 Å². The van der Waals surface area contributed by atoms with E-state index in [2.05, 4.69) is 11.9 Å². The van der Waals surface area contributed by atoms with Crippen molar-refractivity contribution >= 4 is 12.0 Å². The normalized spacial score (nSPS) is 10.5. The van der Waals surface area contributed by atoms with E-state index in [0.717, 1.165) is 11.1 Å². The zero-order chi connectivity index (χ0) is 18.8. The van der Waals surface area contributed by atoms with Gasteiger partial charge in [0.25, 0.3) is 0 Å². The molecule has 1 amide bonds. The molecular weight excluding hydrogens is 333 g/mol. The van der Waals surface area contributed by atoms with Crippen LogP contribution in [0, 0.1) is 5.82 Å². The summed E-state index contributed by atoms with van der Waals surface area (Å²) >= 11 is 0. The number of methoxy groups -OCH3 is 1. The van der Waals surface area contributed by atoms with Crippen molar-refractivity contribution in [2.75, 3.05) is 20.3 Å². The summed E-state index contributed by atoms with van der Waals surface area (Å²) in [5.74, 6) is 0.745. The SMILES string of the molecule is C=CCOc1ccc(/C=C/C(=O)NCCc2ccc(F)cc2)cc1OC. The van der Waals surface area contributed by atoms with Crippen LogP contribution in [0.25, 0.3) is 6.08 Å². The van der Waals surface area contributed by atoms with Crippen LogP contribution in [0.1, 0.15) is 11.1 Å². The molecule has 0 radical (unpaired) electrons. The van der Waals surface area contributed by atoms with Gasteiger partial charge in [0.1, 0.15) is 12.4 Å². The van der Waals surface area contributed by atoms with Crippen LogP contribution in [0.2, 0.25) is 0 Å². The number of nitrogens with one attached hydrogen (secondary N) is 1. The second kappa shape index (κ2) is 10.0. The number of hydrogen-bond acceptors (Lipinski definition) is 3. The molecule has 0 unspecified atom stereocenters. The van der Waals surface area contributed by atoms with Gasteiger partial charge in [-0.3, -0.25) is 4.79 Å². The molecule has 0 spiro atoms. The van der Waals surface area contributed by atoms with Crippen LogP contribution < -0.4 is 14.8 Å². The molecule has 0 aliphatic heterocycles. The van der Waals surface area contributed by atoms with Crippen LogP contribution in [0.4, 0.5) is 4.39 Å². The Bertz CT molecular complexity index is 769. The lowest BCUT2D eigenvalue weighted by Crippen LogP contribution is -2.23. The third-order valence-electron chi connectivity index (χ3n) is 3.60. The quantitative estimate of drug-likeness (QED) is 0.550. The monoisotopic (exact) mass is 355 g/mol. The third-order valence-corrected chi connectivity index (χ3v) is 3.60. The van der Waals surface area contributed by atoms with E-state index in [1.165, 1.54) is 18.2 Å². The van der Waals surface area contributed by atoms with E-state index in [-0.39, 0.29) is 11.7 Å². The minimum absolute atomic E-state index is 0.196. The van der Waals surface area contributed by atoms with Gasteiger partial charge in [-0.1, -0.05) is 30.9 Å². The lowest BCUT2D eigenvalue weighted by atomic mass is 10.1. The summed E-state index contributed by atoms with van der Waals surface area (Å²) in [5, 5.41) is 2.80. The molecule has 2 aromatic carbocycles. The molecule has 4 nitrogen and oxygen atoms in total. The molecule has 0 aliphatic carbocycles. The van der Waals surface area contributed by atoms with Crippen LogP contribution in [0.3, 0.4) is 0 Å². The smallest absolute Gasteiger partial charge is 0.244 e. The first kappa shape index (κ1) is 19.2. The van der Waals surface area contributed by atoms with E-state index in [1.807, 2.05) is 6.07 Å². The van der Waals surface area contributed by atoms with Crippen molar-refractivity contribution in [1.82, 2.24) is 5.32 Å². The van der Waals surface area contributed by atoms with Crippen molar-refractivity contribution < 1.29 is 18.7 Å². The number of carbonyl (C=O) groups is 1. The molecule has 0 fully saturated rings. The number of carbonyl (C=O) groups excluding carboxylic acids is 1. The lowest BCUT2D eigenvalue weighted by molar-refractivity contribution is -0.116. The fraction of sp³-hybridized carbons (Fsp3) is 0.190. The summed E-state index contributed by atoms with van der Waals surface area (Å²) in [4.78, 5) is 11.9. The largest absolute Gasteiger partial charge is 0.493 e. The Hall–Kier alpha value is -3.08. The van der Waals surface area contributed by atoms with Crippen molar-refractivity contribution in [2.24, 2.45) is 0 Å². The predicted molar refractivity (Wildman–Crippen MR) is 101 cm³/mol. The van der Waals surface area contributed by atoms with E-state index in [0.29, 0.717) is 31.1 Å². The zero-order valence-electron chi connectivity index (χ0n) is 14.7. The highest BCUT2D eigenvalue weighted by Gasteiger charge is 2.04. The van der Waals surface area contributed by atoms with E-state index in [9.17, 15) is 9.18 Å². The standard InChI is InChI=1S/C21H22FNO3/c1-3-14-26-19-10-6-17(15-20(19)25-2)7-11-21(24)23-13-12-16-4-8-18(22)9-5-16/h3-11,15H,1,12-14H2,2H3,(H,23,24)/b11-7+. The van der Waals surface area contributed by atoms with Crippen LogP contribution in [0.15, 0.2) is 61.2 Å². The van der Waals surface area contributed by atoms with Gasteiger partial charge in [0.2, 0.25) is 5.91 Å². The van der Waals surface area contributed by atoms with Crippen LogP contribution >= 0.6 is 0 Å². The van der Waals surface area contributed by atoms with Crippen molar-refractivity contribution in [3.63, 3.8) is 0 Å². The van der Waals surface area contributed by atoms with E-state index in [4.69, 9.17) is 9.47 Å². The van der Waals surface area contributed by atoms with Crippen molar-refractivity contribution in [2.45, 2.75) is 6.42 Å². The maximum atomic E-state index is 12.8. The highest BCUT2D eigenvalue weighted by molar-refractivity contribution is 5.91. The molecule has 2 aromatic rings. The Balaban J connectivity index is 1.86. The van der Waals surface area contributed by atoms with Crippen LogP contribution in [0.5, 0.6) is 11.5 Å². The number of rotatable bonds is 9. The minimum atomic E-state index is -0.267. The zero-order valence-corrected chi connectivity index (χ0v) is 14.7. The Labute approximate surface area is 152 Å². The third kappa shape index (κ3) is 6.09. The maximum absolute atomic E-state index is 12.8. The summed E-state index contributed by atoms with van der Waals surface area (Å²) in [6.45, 7) is 4.48. The van der Waals surface area contributed by atoms with Crippen LogP contribution in [-0.4, -0.2) is 26.2 Å². The molecular formula is C21H22FNO3. The van der Waals surface area contributed by atoms with Gasteiger partial charge in [0, 0.05) is 12.6 Å². The molecule has 0 aliphatic rings. The van der Waals surface area contributed by atoms with Crippen molar-refractivity contribution in [1.29, 1.82) is 0 Å². The number of ether oxygens (including phenoxy) is 2. The number of benzene rings is 2. The van der Waals surface area contributed by atoms with E-state index < -0.39 is 0 Å². The first-order chi connectivity index (χ1) is 12.6. The fourth-order valence-electron chi connectivity index (χ4n) is 2.27. The second-order valence-electron chi connectivity index (χ2n) is 5.51. The second-order valence-corrected chi connectivity index (χ2v) is 5.51. The van der Waals surface area contributed by atoms with Gasteiger partial charge in [0.15, 0.2) is 11.5 Å². The highest BCUT2D eigenvalue weighted by atomic mass is 19.1. The number of hydrogen-bond donors (Lipinski definition) is 1. The Morgan fingerprint density at radius 1 is 1.19 bits per heavy atom. The number of amides is 1. The van der Waals surface area contributed by atoms with Crippen molar-refractivity contribution in [3.8, 4) is 11.5 Å². The average molecular weight is 355 g/mol. The topological polar surface area (TPSA) is 47.6 Å². The highest BCUT2D eigenvalue weighted by Crippen LogP contribution is 2.28. The van der Waals surface area contributed by atoms with Gasteiger partial charge in [-0.15, -0.1) is 0 Å². The molecule has 0 saturated carbocycles. The molecule has 0 atom stereocenters. The lowest BCUT2D eigenvalue weighted by Gasteiger charge is -2.09. The molecule has 0 bridgehead atoms. The molecule has 5 heteroatoms. The summed E-state index contributed by atoms with van der Waals surface area (Å²) in [7, 11) is 1.56. The summed E-state index contributed by atoms with van der Waals surface area (Å²) < 4.78 is 23.6. The Morgan fingerprint density at radius 3 is 2.65 bits per heavy atom. The summed E-state index contributed by atoms with van der Waals surface area (Å²) in [6.07, 6.45) is 5.46. The molecule has 0 aromatic heterocycles. The molecule has 26 heavy (non-hydrogen) atoms. The average Bonchev–Trinajstić information content (AvgIpc) is 2.66. The molecule has 0 heterocycles. The van der Waals surface area contributed by atoms with Crippen LogP contribution in [-0.2, 0) is 11.2 Å². The molecule has 0 saturated heterocycles. The molecule has 1 N–H and O–H groups in total. The minimum Gasteiger partial charge on any atom is -0.493 e. The first-order valence-electron chi connectivity index (χ1n) is 8.24. The van der Waals surface area contributed by atoms with Crippen molar-refractivity contribution in [3.05, 3.63) is 78.1 Å². The summed E-state index contributed by atoms with van der Waals surface area (Å²) in [6, 6.07) is 11.7. The van der Waals surface area contributed by atoms with Gasteiger partial charge < -0.3 is 14.8 Å². The van der Waals surface area contributed by atoms with Gasteiger partial charge in [0.05, 0.1) is 7.11 Å². The van der Waals surface area contributed by atoms with Gasteiger partial charge in [-0.2, -0.15) is 0 Å². The summed E-state index contributed by atoms with van der Waals surface area (Å²) in [5.41, 5.74) is 1.79. The molecule has 136 valence electrons. The first-order valence-corrected chi connectivity index (χ1v) is 8.24.